The summed E-state index contributed by atoms with van der Waals surface area (Å²) in [6.45, 7) is 16.0. The predicted octanol–water partition coefficient (Wildman–Crippen LogP) is 10.1. The summed E-state index contributed by atoms with van der Waals surface area (Å²) in [4.78, 5) is 55.2. The first-order valence-corrected chi connectivity index (χ1v) is 21.8. The molecule has 5 heterocycles. The Labute approximate surface area is 353 Å². The van der Waals surface area contributed by atoms with Crippen molar-refractivity contribution in [2.45, 2.75) is 129 Å². The van der Waals surface area contributed by atoms with E-state index in [-0.39, 0.29) is 47.3 Å². The molecule has 0 saturated carbocycles. The summed E-state index contributed by atoms with van der Waals surface area (Å²) >= 11 is 0. The molecule has 3 aliphatic heterocycles. The van der Waals surface area contributed by atoms with Crippen molar-refractivity contribution in [1.82, 2.24) is 25.1 Å². The second-order valence-electron chi connectivity index (χ2n) is 18.8. The Hall–Kier alpha value is -5.39. The van der Waals surface area contributed by atoms with Gasteiger partial charge >= 0.3 is 6.09 Å². The number of nitrogens with zero attached hydrogens (tertiary/aromatic N) is 5. The lowest BCUT2D eigenvalue weighted by molar-refractivity contribution is -0.136. The smallest absolute Gasteiger partial charge is 0.407 e. The lowest BCUT2D eigenvalue weighted by atomic mass is 9.87. The number of fused-ring (bicyclic) bond motifs is 2. The molecule has 2 aromatic heterocycles. The van der Waals surface area contributed by atoms with Gasteiger partial charge in [-0.1, -0.05) is 72.7 Å². The van der Waals surface area contributed by atoms with Gasteiger partial charge in [0.15, 0.2) is 11.2 Å². The van der Waals surface area contributed by atoms with Crippen LogP contribution in [0.3, 0.4) is 0 Å². The number of oxazole rings is 2. The standard InChI is InChI=1S/C48H60N6O6/c1-28(2)25-42(55)52-23-9-11-38(52)44-49-34-19-13-30(26-40(34)59-44)36-21-22-37(54(36)33-17-15-32(16-18-33)48(5,6)7)31-14-20-35-41(27-31)60-45(50-35)39-12-10-24-53(39)46(56)43(29(3)4)51-47(57)58-8/h13-20,26-29,36-39,43H,9-12,21-25H2,1-8H3,(H,51,57)/t36-,37-,38+,39+,43+/m1/s1. The molecule has 8 rings (SSSR count). The number of nitrogens with one attached hydrogen (secondary N) is 1. The fourth-order valence-corrected chi connectivity index (χ4v) is 9.53. The number of carbonyl (C=O) groups is 3. The maximum absolute atomic E-state index is 13.8. The minimum Gasteiger partial charge on any atom is -0.453 e. The number of benzene rings is 3. The maximum Gasteiger partial charge on any atom is 0.407 e. The second-order valence-corrected chi connectivity index (χ2v) is 18.8. The van der Waals surface area contributed by atoms with E-state index in [2.05, 4.69) is 99.4 Å². The molecule has 3 fully saturated rings. The number of aromatic nitrogens is 2. The minimum absolute atomic E-state index is 0.0216. The molecular formula is C48H60N6O6. The topological polar surface area (TPSA) is 134 Å². The highest BCUT2D eigenvalue weighted by atomic mass is 16.5. The van der Waals surface area contributed by atoms with Gasteiger partial charge in [-0.2, -0.15) is 0 Å². The Morgan fingerprint density at radius 2 is 1.28 bits per heavy atom. The molecule has 3 amide bonds. The largest absolute Gasteiger partial charge is 0.453 e. The molecule has 318 valence electrons. The molecule has 12 heteroatoms. The lowest BCUT2D eigenvalue weighted by Gasteiger charge is -2.34. The number of alkyl carbamates (subject to hydrolysis) is 1. The number of hydrogen-bond donors (Lipinski definition) is 1. The van der Waals surface area contributed by atoms with Crippen LogP contribution in [0.1, 0.15) is 146 Å². The van der Waals surface area contributed by atoms with E-state index in [1.165, 1.54) is 12.7 Å². The molecule has 12 nitrogen and oxygen atoms in total. The van der Waals surface area contributed by atoms with Gasteiger partial charge < -0.3 is 33.6 Å². The van der Waals surface area contributed by atoms with Gasteiger partial charge in [0.05, 0.1) is 19.2 Å². The predicted molar refractivity (Wildman–Crippen MR) is 231 cm³/mol. The van der Waals surface area contributed by atoms with Gasteiger partial charge in [-0.05, 0) is 109 Å². The summed E-state index contributed by atoms with van der Waals surface area (Å²) in [5.41, 5.74) is 7.70. The molecular weight excluding hydrogens is 757 g/mol. The number of amides is 3. The number of rotatable bonds is 10. The van der Waals surface area contributed by atoms with E-state index in [0.717, 1.165) is 78.5 Å². The van der Waals surface area contributed by atoms with Crippen molar-refractivity contribution in [3.8, 4) is 0 Å². The molecule has 1 N–H and O–H groups in total. The molecule has 5 aromatic rings. The van der Waals surface area contributed by atoms with Crippen molar-refractivity contribution in [3.63, 3.8) is 0 Å². The Balaban J connectivity index is 1.10. The normalized spacial score (nSPS) is 21.5. The van der Waals surface area contributed by atoms with Gasteiger partial charge in [0.25, 0.3) is 0 Å². The number of methoxy groups -OCH3 is 1. The quantitative estimate of drug-likeness (QED) is 0.146. The van der Waals surface area contributed by atoms with Crippen LogP contribution >= 0.6 is 0 Å². The highest BCUT2D eigenvalue weighted by Gasteiger charge is 2.40. The SMILES string of the molecule is COC(=O)N[C@H](C(=O)N1CCC[C@H]1c1nc2ccc([C@H]3CC[C@H](c4ccc5nc([C@@H]6CCCN6C(=O)CC(C)C)oc5c4)N3c3ccc(C(C)(C)C)cc3)cc2o1)C(C)C. The third-order valence-corrected chi connectivity index (χ3v) is 12.7. The van der Waals surface area contributed by atoms with Crippen LogP contribution < -0.4 is 10.2 Å². The molecule has 5 atom stereocenters. The average Bonchev–Trinajstić information content (AvgIpc) is 4.06. The molecule has 3 aliphatic rings. The van der Waals surface area contributed by atoms with Crippen LogP contribution in [0.2, 0.25) is 0 Å². The zero-order chi connectivity index (χ0) is 42.5. The van der Waals surface area contributed by atoms with Crippen LogP contribution in [0.5, 0.6) is 0 Å². The monoisotopic (exact) mass is 816 g/mol. The summed E-state index contributed by atoms with van der Waals surface area (Å²) in [6, 6.07) is 20.6. The number of anilines is 1. The highest BCUT2D eigenvalue weighted by Crippen LogP contribution is 2.48. The summed E-state index contributed by atoms with van der Waals surface area (Å²) < 4.78 is 17.9. The summed E-state index contributed by atoms with van der Waals surface area (Å²) in [7, 11) is 1.30. The average molecular weight is 817 g/mol. The van der Waals surface area contributed by atoms with E-state index in [4.69, 9.17) is 23.5 Å². The Bertz CT molecular complexity index is 2360. The third-order valence-electron chi connectivity index (χ3n) is 12.7. The van der Waals surface area contributed by atoms with Crippen molar-refractivity contribution >= 4 is 45.8 Å². The summed E-state index contributed by atoms with van der Waals surface area (Å²) in [5.74, 6) is 1.31. The van der Waals surface area contributed by atoms with Crippen LogP contribution in [0, 0.1) is 11.8 Å². The summed E-state index contributed by atoms with van der Waals surface area (Å²) in [6.07, 6.45) is 5.08. The van der Waals surface area contributed by atoms with Gasteiger partial charge in [0.1, 0.15) is 29.2 Å². The Morgan fingerprint density at radius 3 is 1.78 bits per heavy atom. The zero-order valence-corrected chi connectivity index (χ0v) is 36.4. The van der Waals surface area contributed by atoms with Crippen LogP contribution in [-0.4, -0.2) is 63.9 Å². The van der Waals surface area contributed by atoms with Crippen LogP contribution in [0.4, 0.5) is 10.5 Å². The Kier molecular flexibility index (Phi) is 11.4. The van der Waals surface area contributed by atoms with E-state index >= 15 is 0 Å². The molecule has 0 unspecified atom stereocenters. The van der Waals surface area contributed by atoms with Gasteiger partial charge in [0.2, 0.25) is 23.6 Å². The van der Waals surface area contributed by atoms with Crippen molar-refractivity contribution in [2.75, 3.05) is 25.1 Å². The zero-order valence-electron chi connectivity index (χ0n) is 36.4. The molecule has 60 heavy (non-hydrogen) atoms. The van der Waals surface area contributed by atoms with Crippen molar-refractivity contribution in [3.05, 3.63) is 89.1 Å². The molecule has 3 saturated heterocycles. The molecule has 3 aromatic carbocycles. The van der Waals surface area contributed by atoms with Gasteiger partial charge in [-0.3, -0.25) is 9.59 Å². The number of ether oxygens (including phenoxy) is 1. The van der Waals surface area contributed by atoms with E-state index in [9.17, 15) is 14.4 Å². The van der Waals surface area contributed by atoms with Crippen LogP contribution in [0.15, 0.2) is 69.5 Å². The van der Waals surface area contributed by atoms with E-state index in [1.54, 1.807) is 4.90 Å². The number of carbonyl (C=O) groups excluding carboxylic acids is 3. The first-order chi connectivity index (χ1) is 28.7. The van der Waals surface area contributed by atoms with Crippen molar-refractivity contribution in [1.29, 1.82) is 0 Å². The van der Waals surface area contributed by atoms with Crippen molar-refractivity contribution in [2.24, 2.45) is 11.8 Å². The molecule has 0 aliphatic carbocycles. The van der Waals surface area contributed by atoms with Gasteiger partial charge in [-0.25, -0.2) is 14.8 Å². The number of likely N-dealkylation sites (tertiary alicyclic amines) is 2. The van der Waals surface area contributed by atoms with Crippen molar-refractivity contribution < 1.29 is 28.0 Å². The minimum atomic E-state index is -0.720. The molecule has 0 spiro atoms. The fourth-order valence-electron chi connectivity index (χ4n) is 9.53. The second kappa shape index (κ2) is 16.6. The van der Waals surface area contributed by atoms with E-state index in [1.807, 2.05) is 24.8 Å². The first-order valence-electron chi connectivity index (χ1n) is 21.8. The van der Waals surface area contributed by atoms with Crippen LogP contribution in [-0.2, 0) is 19.7 Å². The first kappa shape index (κ1) is 41.3. The van der Waals surface area contributed by atoms with Crippen LogP contribution in [0.25, 0.3) is 22.2 Å². The molecule has 0 bridgehead atoms. The number of hydrogen-bond acceptors (Lipinski definition) is 9. The highest BCUT2D eigenvalue weighted by molar-refractivity contribution is 5.86. The third kappa shape index (κ3) is 8.09. The Morgan fingerprint density at radius 1 is 0.750 bits per heavy atom. The molecule has 0 radical (unpaired) electrons. The fraction of sp³-hybridized carbons (Fsp3) is 0.521. The lowest BCUT2D eigenvalue weighted by Crippen LogP contribution is -2.51. The van der Waals surface area contributed by atoms with E-state index < -0.39 is 12.1 Å². The summed E-state index contributed by atoms with van der Waals surface area (Å²) in [5, 5.41) is 2.73. The van der Waals surface area contributed by atoms with Gasteiger partial charge in [-0.15, -0.1) is 0 Å². The van der Waals surface area contributed by atoms with Gasteiger partial charge in [0, 0.05) is 25.2 Å². The maximum atomic E-state index is 13.8. The van der Waals surface area contributed by atoms with E-state index in [0.29, 0.717) is 36.2 Å².